The van der Waals surface area contributed by atoms with Crippen molar-refractivity contribution in [3.05, 3.63) is 0 Å². The van der Waals surface area contributed by atoms with E-state index < -0.39 is 13.7 Å². The molecule has 0 bridgehead atoms. The van der Waals surface area contributed by atoms with E-state index in [1.165, 1.54) is 39.1 Å². The van der Waals surface area contributed by atoms with E-state index in [1.54, 1.807) is 0 Å². The average molecular weight is 972 g/mol. The normalized spacial score (nSPS) is 27.4. The standard InChI is InChI=1S/C9H16N2.C8H14N2O.C7H16N2.C7H16NO3P.C6H14N2.C6H13NO.C6H13N.CH4/c1-7(2)11-5-8(3)9(4-10)6-11;1-6(2)10-4-7(3-9)8(11)5-10;1-6(2)9-4-3-7(8)5-9;1-6(2)8-4-7(5-8)11-12(3,9)10;1-5(2)8-3-6(7)4-8;1-5(2)7-3-6(8)4-7;1-6(2)7-4-3-5-7;/h7-9H,5-6H2,1-3H3;6-8,11H,4-5H2,1-2H3;6-7H,3-5,8H2,1-2H3;6-7H,4-5H2,1-3H3,(H,9,10);5-6H,3-4,7H2,1-2H3;5-6,8H,3-4H2,1-2H3;6H,3-5H2,1-2H3;1H4/t8-,9+;7-,8+;7-;;;;;/m000...../s1. The highest BCUT2D eigenvalue weighted by Crippen LogP contribution is 2.40. The Morgan fingerprint density at radius 2 is 0.910 bits per heavy atom. The Labute approximate surface area is 411 Å². The van der Waals surface area contributed by atoms with E-state index in [1.807, 2.05) is 0 Å². The van der Waals surface area contributed by atoms with Gasteiger partial charge in [-0.05, 0) is 135 Å². The number of nitriles is 2. The van der Waals surface area contributed by atoms with Gasteiger partial charge in [-0.15, -0.1) is 0 Å². The van der Waals surface area contributed by atoms with E-state index in [9.17, 15) is 9.67 Å². The van der Waals surface area contributed by atoms with E-state index in [0.29, 0.717) is 60.8 Å². The van der Waals surface area contributed by atoms with Crippen molar-refractivity contribution in [3.8, 4) is 12.1 Å². The van der Waals surface area contributed by atoms with Crippen LogP contribution in [0.4, 0.5) is 0 Å². The first-order valence-electron chi connectivity index (χ1n) is 25.4. The fourth-order valence-electron chi connectivity index (χ4n) is 8.22. The van der Waals surface area contributed by atoms with Crippen molar-refractivity contribution in [1.29, 1.82) is 10.5 Å². The highest BCUT2D eigenvalue weighted by molar-refractivity contribution is 7.51. The first-order valence-corrected chi connectivity index (χ1v) is 27.4. The molecule has 396 valence electrons. The second-order valence-electron chi connectivity index (χ2n) is 21.8. The van der Waals surface area contributed by atoms with Crippen LogP contribution in [0.3, 0.4) is 0 Å². The molecule has 7 aliphatic rings. The number of nitrogens with two attached hydrogens (primary N) is 2. The van der Waals surface area contributed by atoms with Gasteiger partial charge in [0.25, 0.3) is 0 Å². The van der Waals surface area contributed by atoms with Gasteiger partial charge in [0.2, 0.25) is 0 Å². The van der Waals surface area contributed by atoms with Crippen molar-refractivity contribution in [1.82, 2.24) is 34.3 Å². The SMILES string of the molecule is C.CC(C)N1CC(N)C1.CC(C)N1CC(O)C1.CC(C)N1CC(OP(C)(=O)O)C1.CC(C)N1CCC1.CC(C)N1CC[C@H](N)C1.CC(C)N1C[C@@H](C#N)[C@@H](C)C1.CC(C)N1C[C@@H](O)[C@@H](C#N)C1. The zero-order chi connectivity index (χ0) is 50.6. The van der Waals surface area contributed by atoms with Gasteiger partial charge in [-0.25, -0.2) is 0 Å². The van der Waals surface area contributed by atoms with Gasteiger partial charge in [-0.1, -0.05) is 14.4 Å². The lowest BCUT2D eigenvalue weighted by molar-refractivity contribution is -0.0161. The summed E-state index contributed by atoms with van der Waals surface area (Å²) in [5.74, 6) is 0.636. The molecule has 7 aliphatic heterocycles. The van der Waals surface area contributed by atoms with E-state index in [2.05, 4.69) is 150 Å². The van der Waals surface area contributed by atoms with Gasteiger partial charge < -0.3 is 36.0 Å². The first-order chi connectivity index (χ1) is 30.6. The summed E-state index contributed by atoms with van der Waals surface area (Å²) in [6.45, 7) is 47.6. The summed E-state index contributed by atoms with van der Waals surface area (Å²) < 4.78 is 15.7. The molecule has 67 heavy (non-hydrogen) atoms. The van der Waals surface area contributed by atoms with Crippen LogP contribution in [0.2, 0.25) is 0 Å². The van der Waals surface area contributed by atoms with Gasteiger partial charge in [0.1, 0.15) is 0 Å². The molecule has 16 nitrogen and oxygen atoms in total. The minimum absolute atomic E-state index is 0. The quantitative estimate of drug-likeness (QED) is 0.195. The lowest BCUT2D eigenvalue weighted by atomic mass is 10.0. The highest BCUT2D eigenvalue weighted by atomic mass is 31.2. The predicted molar refractivity (Wildman–Crippen MR) is 279 cm³/mol. The number of nitrogens with zero attached hydrogens (tertiary/aromatic N) is 9. The van der Waals surface area contributed by atoms with E-state index in [0.717, 1.165) is 71.5 Å². The Bertz CT molecular complexity index is 1360. The van der Waals surface area contributed by atoms with Gasteiger partial charge in [0, 0.05) is 133 Å². The smallest absolute Gasteiger partial charge is 0.325 e. The van der Waals surface area contributed by atoms with Crippen LogP contribution < -0.4 is 11.5 Å². The van der Waals surface area contributed by atoms with E-state index >= 15 is 0 Å². The molecule has 0 aromatic carbocycles. The van der Waals surface area contributed by atoms with E-state index in [-0.39, 0.29) is 31.5 Å². The molecule has 7 heterocycles. The number of rotatable bonds is 9. The summed E-state index contributed by atoms with van der Waals surface area (Å²) in [7, 11) is -3.27. The lowest BCUT2D eigenvalue weighted by Gasteiger charge is -2.41. The number of hydrogen-bond acceptors (Lipinski definition) is 15. The Kier molecular flexibility index (Phi) is 32.0. The molecule has 6 atom stereocenters. The maximum absolute atomic E-state index is 10.8. The van der Waals surface area contributed by atoms with Crippen molar-refractivity contribution in [2.75, 3.05) is 98.3 Å². The van der Waals surface area contributed by atoms with Gasteiger partial charge in [0.05, 0.1) is 42.3 Å². The minimum atomic E-state index is -3.27. The third-order valence-electron chi connectivity index (χ3n) is 13.6. The van der Waals surface area contributed by atoms with Crippen LogP contribution in [0, 0.1) is 40.4 Å². The molecule has 17 heteroatoms. The largest absolute Gasteiger partial charge is 0.390 e. The van der Waals surface area contributed by atoms with E-state index in [4.69, 9.17) is 36.5 Å². The number of aliphatic hydroxyl groups excluding tert-OH is 2. The fourth-order valence-corrected chi connectivity index (χ4v) is 8.90. The number of aliphatic hydroxyl groups is 2. The maximum Gasteiger partial charge on any atom is 0.325 e. The van der Waals surface area contributed by atoms with Crippen LogP contribution in [0.15, 0.2) is 0 Å². The molecule has 7 N–H and O–H groups in total. The third-order valence-corrected chi connectivity index (χ3v) is 14.3. The highest BCUT2D eigenvalue weighted by Gasteiger charge is 2.34. The summed E-state index contributed by atoms with van der Waals surface area (Å²) in [5, 5.41) is 35.5. The van der Waals surface area contributed by atoms with Gasteiger partial charge in [-0.3, -0.25) is 34.0 Å². The molecular formula is C50H106N11O5P. The fraction of sp³-hybridized carbons (Fsp3) is 0.960. The van der Waals surface area contributed by atoms with Crippen molar-refractivity contribution in [3.63, 3.8) is 0 Å². The Morgan fingerprint density at radius 1 is 0.537 bits per heavy atom. The predicted octanol–water partition coefficient (Wildman–Crippen LogP) is 4.88. The molecule has 7 rings (SSSR count). The molecule has 7 saturated heterocycles. The summed E-state index contributed by atoms with van der Waals surface area (Å²) >= 11 is 0. The first kappa shape index (κ1) is 65.7. The van der Waals surface area contributed by atoms with Crippen molar-refractivity contribution in [2.45, 2.75) is 197 Å². The van der Waals surface area contributed by atoms with Crippen molar-refractivity contribution in [2.24, 2.45) is 29.2 Å². The topological polar surface area (TPSA) is 209 Å². The summed E-state index contributed by atoms with van der Waals surface area (Å²) in [4.78, 5) is 25.1. The van der Waals surface area contributed by atoms with Gasteiger partial charge in [0.15, 0.2) is 0 Å². The number of hydrogen-bond donors (Lipinski definition) is 5. The second kappa shape index (κ2) is 32.6. The van der Waals surface area contributed by atoms with Crippen molar-refractivity contribution < 1.29 is 24.2 Å². The average Bonchev–Trinajstić information content (AvgIpc) is 3.88. The Balaban J connectivity index is 0.000000762. The van der Waals surface area contributed by atoms with Gasteiger partial charge in [-0.2, -0.15) is 10.5 Å². The molecular weight excluding hydrogens is 866 g/mol. The van der Waals surface area contributed by atoms with Crippen LogP contribution in [-0.4, -0.2) is 220 Å². The minimum Gasteiger partial charge on any atom is -0.390 e. The van der Waals surface area contributed by atoms with Gasteiger partial charge >= 0.3 is 7.60 Å². The molecule has 0 saturated carbocycles. The molecule has 1 unspecified atom stereocenters. The summed E-state index contributed by atoms with van der Waals surface area (Å²) in [6, 6.07) is 9.65. The Morgan fingerprint density at radius 3 is 1.12 bits per heavy atom. The molecule has 0 aromatic heterocycles. The third kappa shape index (κ3) is 26.1. The van der Waals surface area contributed by atoms with Crippen molar-refractivity contribution >= 4 is 7.60 Å². The second-order valence-corrected chi connectivity index (χ2v) is 23.6. The van der Waals surface area contributed by atoms with Crippen LogP contribution in [0.1, 0.15) is 124 Å². The monoisotopic (exact) mass is 972 g/mol. The molecule has 7 fully saturated rings. The lowest BCUT2D eigenvalue weighted by Crippen LogP contribution is -2.57. The number of β-amino-alcohol motifs (C(OH)–C–C–N with tert-alkyl or cyclic N) is 2. The van der Waals surface area contributed by atoms with Crippen LogP contribution in [0.25, 0.3) is 0 Å². The zero-order valence-corrected chi connectivity index (χ0v) is 45.7. The Hall–Kier alpha value is -1.31. The molecule has 0 aromatic rings. The zero-order valence-electron chi connectivity index (χ0n) is 44.8. The van der Waals surface area contributed by atoms with Crippen LogP contribution in [0.5, 0.6) is 0 Å². The number of likely N-dealkylation sites (tertiary alicyclic amines) is 7. The molecule has 0 aliphatic carbocycles. The molecule has 0 spiro atoms. The molecule has 0 amide bonds. The maximum atomic E-state index is 10.8. The summed E-state index contributed by atoms with van der Waals surface area (Å²) in [5.41, 5.74) is 11.3. The van der Waals surface area contributed by atoms with Crippen LogP contribution in [-0.2, 0) is 9.09 Å². The summed E-state index contributed by atoms with van der Waals surface area (Å²) in [6.07, 6.45) is 2.06. The van der Waals surface area contributed by atoms with Crippen LogP contribution >= 0.6 is 7.60 Å². The molecule has 0 radical (unpaired) electrons.